The molecule has 78 valence electrons. The summed E-state index contributed by atoms with van der Waals surface area (Å²) in [6.07, 6.45) is 5.99. The zero-order chi connectivity index (χ0) is 9.80. The van der Waals surface area contributed by atoms with Crippen LogP contribution in [0.3, 0.4) is 0 Å². The van der Waals surface area contributed by atoms with Crippen LogP contribution in [0.2, 0.25) is 0 Å². The van der Waals surface area contributed by atoms with Crippen molar-refractivity contribution in [2.45, 2.75) is 45.6 Å². The molecule has 1 aliphatic rings. The molecular weight excluding hydrogens is 176 g/mol. The summed E-state index contributed by atoms with van der Waals surface area (Å²) >= 11 is 0. The van der Waals surface area contributed by atoms with E-state index in [-0.39, 0.29) is 0 Å². The highest BCUT2D eigenvalue weighted by atomic mass is 16.5. The van der Waals surface area contributed by atoms with Gasteiger partial charge in [-0.15, -0.1) is 5.10 Å². The highest BCUT2D eigenvalue weighted by Gasteiger charge is 2.12. The predicted molar refractivity (Wildman–Crippen MR) is 55.6 cm³/mol. The lowest BCUT2D eigenvalue weighted by Crippen LogP contribution is -2.10. The van der Waals surface area contributed by atoms with Crippen molar-refractivity contribution in [3.63, 3.8) is 0 Å². The molecule has 0 saturated heterocycles. The minimum absolute atomic E-state index is 0.799. The van der Waals surface area contributed by atoms with Crippen molar-refractivity contribution in [1.29, 1.82) is 0 Å². The molecule has 0 bridgehead atoms. The van der Waals surface area contributed by atoms with Crippen LogP contribution in [0.5, 0.6) is 5.88 Å². The summed E-state index contributed by atoms with van der Waals surface area (Å²) in [4.78, 5) is 0. The van der Waals surface area contributed by atoms with E-state index in [1.54, 1.807) is 0 Å². The summed E-state index contributed by atoms with van der Waals surface area (Å²) in [6.45, 7) is 4.03. The van der Waals surface area contributed by atoms with Crippen molar-refractivity contribution in [3.8, 4) is 5.88 Å². The van der Waals surface area contributed by atoms with Crippen molar-refractivity contribution in [2.24, 2.45) is 0 Å². The van der Waals surface area contributed by atoms with E-state index in [0.717, 1.165) is 31.9 Å². The zero-order valence-corrected chi connectivity index (χ0v) is 8.83. The standard InChI is InChI=1S/C11H18N2O/c1-2-3-8-14-11-9-10-6-4-5-7-13(10)12-11/h9H,2-8H2,1H3. The monoisotopic (exact) mass is 194 g/mol. The third-order valence-electron chi connectivity index (χ3n) is 2.64. The van der Waals surface area contributed by atoms with Crippen LogP contribution in [0.1, 0.15) is 38.3 Å². The van der Waals surface area contributed by atoms with E-state index >= 15 is 0 Å². The summed E-state index contributed by atoms with van der Waals surface area (Å²) in [5.74, 6) is 0.815. The molecule has 0 fully saturated rings. The molecule has 0 atom stereocenters. The van der Waals surface area contributed by atoms with Crippen LogP contribution in [0.25, 0.3) is 0 Å². The molecule has 0 amide bonds. The number of nitrogens with zero attached hydrogens (tertiary/aromatic N) is 2. The average Bonchev–Trinajstić information content (AvgIpc) is 2.60. The molecule has 0 aliphatic carbocycles. The van der Waals surface area contributed by atoms with E-state index in [1.165, 1.54) is 25.0 Å². The number of unbranched alkanes of at least 4 members (excludes halogenated alkanes) is 1. The summed E-state index contributed by atoms with van der Waals surface area (Å²) in [5, 5.41) is 4.42. The third-order valence-corrected chi connectivity index (χ3v) is 2.64. The Morgan fingerprint density at radius 1 is 1.50 bits per heavy atom. The number of aryl methyl sites for hydroxylation is 2. The number of hydrogen-bond acceptors (Lipinski definition) is 2. The van der Waals surface area contributed by atoms with Gasteiger partial charge in [-0.1, -0.05) is 13.3 Å². The Balaban J connectivity index is 1.94. The van der Waals surface area contributed by atoms with Gasteiger partial charge in [-0.25, -0.2) is 0 Å². The van der Waals surface area contributed by atoms with Crippen LogP contribution >= 0.6 is 0 Å². The van der Waals surface area contributed by atoms with Crippen LogP contribution in [0.4, 0.5) is 0 Å². The molecule has 0 aromatic carbocycles. The van der Waals surface area contributed by atoms with Crippen molar-refractivity contribution < 1.29 is 4.74 Å². The molecule has 0 radical (unpaired) electrons. The minimum Gasteiger partial charge on any atom is -0.477 e. The number of aromatic nitrogens is 2. The first kappa shape index (κ1) is 9.56. The van der Waals surface area contributed by atoms with Gasteiger partial charge in [0.1, 0.15) is 0 Å². The van der Waals surface area contributed by atoms with E-state index in [9.17, 15) is 0 Å². The molecule has 0 unspecified atom stereocenters. The van der Waals surface area contributed by atoms with Crippen molar-refractivity contribution in [1.82, 2.24) is 9.78 Å². The number of rotatable bonds is 4. The van der Waals surface area contributed by atoms with E-state index in [4.69, 9.17) is 4.74 Å². The second-order valence-electron chi connectivity index (χ2n) is 3.86. The van der Waals surface area contributed by atoms with Crippen molar-refractivity contribution in [3.05, 3.63) is 11.8 Å². The molecule has 2 heterocycles. The maximum Gasteiger partial charge on any atom is 0.232 e. The van der Waals surface area contributed by atoms with Gasteiger partial charge < -0.3 is 4.74 Å². The van der Waals surface area contributed by atoms with E-state index in [2.05, 4.69) is 22.8 Å². The maximum atomic E-state index is 5.57. The lowest BCUT2D eigenvalue weighted by Gasteiger charge is -2.11. The first-order chi connectivity index (χ1) is 6.90. The van der Waals surface area contributed by atoms with Crippen LogP contribution in [-0.2, 0) is 13.0 Å². The van der Waals surface area contributed by atoms with Crippen molar-refractivity contribution in [2.75, 3.05) is 6.61 Å². The molecule has 0 saturated carbocycles. The second-order valence-corrected chi connectivity index (χ2v) is 3.86. The Bertz CT molecular complexity index is 270. The van der Waals surface area contributed by atoms with Crippen molar-refractivity contribution >= 4 is 0 Å². The Hall–Kier alpha value is -0.990. The molecule has 14 heavy (non-hydrogen) atoms. The SMILES string of the molecule is CCCCOc1cc2n(n1)CCCC2. The largest absolute Gasteiger partial charge is 0.477 e. The Morgan fingerprint density at radius 2 is 2.43 bits per heavy atom. The molecule has 3 nitrogen and oxygen atoms in total. The number of ether oxygens (including phenoxy) is 1. The molecular formula is C11H18N2O. The number of fused-ring (bicyclic) bond motifs is 1. The van der Waals surface area contributed by atoms with Gasteiger partial charge in [0.25, 0.3) is 0 Å². The van der Waals surface area contributed by atoms with Gasteiger partial charge in [0.15, 0.2) is 0 Å². The van der Waals surface area contributed by atoms with Gasteiger partial charge in [-0.3, -0.25) is 4.68 Å². The maximum absolute atomic E-state index is 5.57. The summed E-state index contributed by atoms with van der Waals surface area (Å²) in [5.41, 5.74) is 1.34. The van der Waals surface area contributed by atoms with Gasteiger partial charge in [0.05, 0.1) is 6.61 Å². The first-order valence-corrected chi connectivity index (χ1v) is 5.59. The molecule has 2 rings (SSSR count). The van der Waals surface area contributed by atoms with Gasteiger partial charge in [-0.05, 0) is 25.7 Å². The third kappa shape index (κ3) is 2.08. The van der Waals surface area contributed by atoms with Gasteiger partial charge >= 0.3 is 0 Å². The Labute approximate surface area is 85.1 Å². The first-order valence-electron chi connectivity index (χ1n) is 5.59. The predicted octanol–water partition coefficient (Wildman–Crippen LogP) is 2.40. The lowest BCUT2D eigenvalue weighted by molar-refractivity contribution is 0.292. The van der Waals surface area contributed by atoms with Gasteiger partial charge in [-0.2, -0.15) is 0 Å². The van der Waals surface area contributed by atoms with E-state index in [0.29, 0.717) is 0 Å². The molecule has 3 heteroatoms. The van der Waals surface area contributed by atoms with Crippen LogP contribution in [0.15, 0.2) is 6.07 Å². The van der Waals surface area contributed by atoms with Gasteiger partial charge in [0.2, 0.25) is 5.88 Å². The zero-order valence-electron chi connectivity index (χ0n) is 8.83. The smallest absolute Gasteiger partial charge is 0.232 e. The minimum atomic E-state index is 0.799. The van der Waals surface area contributed by atoms with E-state index in [1.807, 2.05) is 0 Å². The van der Waals surface area contributed by atoms with E-state index < -0.39 is 0 Å². The fourth-order valence-electron chi connectivity index (χ4n) is 1.78. The molecule has 1 aromatic rings. The Kier molecular flexibility index (Phi) is 3.07. The highest BCUT2D eigenvalue weighted by molar-refractivity contribution is 5.16. The van der Waals surface area contributed by atoms with Crippen LogP contribution in [-0.4, -0.2) is 16.4 Å². The normalized spacial score (nSPS) is 15.2. The molecule has 0 spiro atoms. The van der Waals surface area contributed by atoms with Crippen LogP contribution in [0, 0.1) is 0 Å². The Morgan fingerprint density at radius 3 is 3.21 bits per heavy atom. The lowest BCUT2D eigenvalue weighted by atomic mass is 10.1. The highest BCUT2D eigenvalue weighted by Crippen LogP contribution is 2.19. The second kappa shape index (κ2) is 4.49. The summed E-state index contributed by atoms with van der Waals surface area (Å²) in [6, 6.07) is 2.09. The fraction of sp³-hybridized carbons (Fsp3) is 0.727. The topological polar surface area (TPSA) is 27.1 Å². The van der Waals surface area contributed by atoms with Gasteiger partial charge in [0, 0.05) is 18.3 Å². The number of hydrogen-bond donors (Lipinski definition) is 0. The average molecular weight is 194 g/mol. The summed E-state index contributed by atoms with van der Waals surface area (Å²) in [7, 11) is 0. The van der Waals surface area contributed by atoms with Crippen LogP contribution < -0.4 is 4.74 Å². The fourth-order valence-corrected chi connectivity index (χ4v) is 1.78. The molecule has 0 N–H and O–H groups in total. The molecule has 1 aromatic heterocycles. The summed E-state index contributed by atoms with van der Waals surface area (Å²) < 4.78 is 7.66. The molecule has 1 aliphatic heterocycles. The quantitative estimate of drug-likeness (QED) is 0.688.